The van der Waals surface area contributed by atoms with Gasteiger partial charge in [-0.3, -0.25) is 14.7 Å². The van der Waals surface area contributed by atoms with Crippen molar-refractivity contribution in [3.05, 3.63) is 30.7 Å². The minimum atomic E-state index is 0.0954. The number of hydrogen-bond donors (Lipinski definition) is 0. The Kier molecular flexibility index (Phi) is 2.49. The van der Waals surface area contributed by atoms with E-state index in [1.165, 1.54) is 0 Å². The highest BCUT2D eigenvalue weighted by molar-refractivity contribution is 5.94. The van der Waals surface area contributed by atoms with Gasteiger partial charge < -0.3 is 0 Å². The number of hydrogen-bond acceptors (Lipinski definition) is 3. The van der Waals surface area contributed by atoms with E-state index in [2.05, 4.69) is 16.5 Å². The molecule has 2 heterocycles. The van der Waals surface area contributed by atoms with Crippen LogP contribution in [0.15, 0.2) is 25.0 Å². The second kappa shape index (κ2) is 3.81. The lowest BCUT2D eigenvalue weighted by Gasteiger charge is -2.14. The summed E-state index contributed by atoms with van der Waals surface area (Å²) in [6.45, 7) is 6.24. The van der Waals surface area contributed by atoms with Crippen molar-refractivity contribution in [2.45, 2.75) is 13.3 Å². The van der Waals surface area contributed by atoms with Gasteiger partial charge in [0.1, 0.15) is 0 Å². The molecule has 0 saturated carbocycles. The third-order valence-electron chi connectivity index (χ3n) is 2.53. The molecule has 0 aromatic carbocycles. The predicted octanol–water partition coefficient (Wildman–Crippen LogP) is 1.32. The molecule has 1 unspecified atom stereocenters. The van der Waals surface area contributed by atoms with Gasteiger partial charge in [-0.05, 0) is 6.92 Å². The first-order valence-corrected chi connectivity index (χ1v) is 4.92. The molecule has 1 fully saturated rings. The summed E-state index contributed by atoms with van der Waals surface area (Å²) in [6, 6.07) is 0. The summed E-state index contributed by atoms with van der Waals surface area (Å²) < 4.78 is 0. The van der Waals surface area contributed by atoms with Gasteiger partial charge in [-0.15, -0.1) is 6.58 Å². The van der Waals surface area contributed by atoms with Crippen molar-refractivity contribution < 1.29 is 4.79 Å². The molecule has 4 nitrogen and oxygen atoms in total. The quantitative estimate of drug-likeness (QED) is 0.681. The first-order chi connectivity index (χ1) is 7.20. The molecular formula is C11H13N3O. The maximum atomic E-state index is 11.6. The molecule has 1 aliphatic heterocycles. The first-order valence-electron chi connectivity index (χ1n) is 4.92. The molecule has 1 amide bonds. The number of rotatable bonds is 2. The molecule has 2 rings (SSSR count). The molecule has 1 atom stereocenters. The number of carbonyl (C=O) groups is 1. The Hall–Kier alpha value is -1.71. The van der Waals surface area contributed by atoms with E-state index in [1.807, 2.05) is 13.0 Å². The van der Waals surface area contributed by atoms with Crippen LogP contribution >= 0.6 is 0 Å². The van der Waals surface area contributed by atoms with Crippen molar-refractivity contribution in [2.24, 2.45) is 5.92 Å². The van der Waals surface area contributed by atoms with Crippen LogP contribution in [0.25, 0.3) is 0 Å². The normalized spacial score (nSPS) is 20.7. The van der Waals surface area contributed by atoms with Crippen molar-refractivity contribution in [3.63, 3.8) is 0 Å². The molecule has 0 radical (unpaired) electrons. The first kappa shape index (κ1) is 9.83. The molecule has 1 aromatic rings. The van der Waals surface area contributed by atoms with Gasteiger partial charge in [0, 0.05) is 18.9 Å². The van der Waals surface area contributed by atoms with E-state index in [-0.39, 0.29) is 11.8 Å². The topological polar surface area (TPSA) is 46.1 Å². The van der Waals surface area contributed by atoms with Gasteiger partial charge in [0.25, 0.3) is 0 Å². The van der Waals surface area contributed by atoms with Crippen LogP contribution in [0.3, 0.4) is 0 Å². The minimum absolute atomic E-state index is 0.0954. The van der Waals surface area contributed by atoms with E-state index in [0.29, 0.717) is 18.8 Å². The molecule has 0 aliphatic carbocycles. The summed E-state index contributed by atoms with van der Waals surface area (Å²) >= 11 is 0. The predicted molar refractivity (Wildman–Crippen MR) is 57.4 cm³/mol. The number of carbonyl (C=O) groups excluding carboxylic acids is 1. The maximum absolute atomic E-state index is 11.6. The number of aryl methyl sites for hydroxylation is 1. The fourth-order valence-corrected chi connectivity index (χ4v) is 1.64. The summed E-state index contributed by atoms with van der Waals surface area (Å²) in [5.74, 6) is 0.966. The minimum Gasteiger partial charge on any atom is -0.295 e. The molecule has 15 heavy (non-hydrogen) atoms. The Labute approximate surface area is 88.7 Å². The molecular weight excluding hydrogens is 190 g/mol. The summed E-state index contributed by atoms with van der Waals surface area (Å²) in [5, 5.41) is 0. The average Bonchev–Trinajstić information content (AvgIpc) is 2.61. The van der Waals surface area contributed by atoms with Crippen LogP contribution in [0.1, 0.15) is 12.1 Å². The molecule has 0 bridgehead atoms. The van der Waals surface area contributed by atoms with Crippen molar-refractivity contribution in [2.75, 3.05) is 11.4 Å². The zero-order valence-corrected chi connectivity index (χ0v) is 8.68. The van der Waals surface area contributed by atoms with Crippen LogP contribution in [0.4, 0.5) is 5.82 Å². The summed E-state index contributed by atoms with van der Waals surface area (Å²) in [6.07, 6.45) is 5.65. The molecule has 1 saturated heterocycles. The van der Waals surface area contributed by atoms with E-state index in [9.17, 15) is 4.79 Å². The van der Waals surface area contributed by atoms with E-state index in [4.69, 9.17) is 0 Å². The lowest BCUT2D eigenvalue weighted by atomic mass is 10.1. The summed E-state index contributed by atoms with van der Waals surface area (Å²) in [7, 11) is 0. The second-order valence-electron chi connectivity index (χ2n) is 3.72. The van der Waals surface area contributed by atoms with Crippen molar-refractivity contribution >= 4 is 11.7 Å². The Morgan fingerprint density at radius 2 is 2.33 bits per heavy atom. The Morgan fingerprint density at radius 3 is 2.87 bits per heavy atom. The van der Waals surface area contributed by atoms with Crippen LogP contribution < -0.4 is 4.90 Å². The number of nitrogens with zero attached hydrogens (tertiary/aromatic N) is 3. The standard InChI is InChI=1S/C11H13N3O/c1-3-9-4-11(15)14(7-9)10-6-12-8(2)5-13-10/h3,5-6,9H,1,4,7H2,2H3. The zero-order chi connectivity index (χ0) is 10.8. The molecule has 78 valence electrons. The van der Waals surface area contributed by atoms with Crippen LogP contribution in [0, 0.1) is 12.8 Å². The van der Waals surface area contributed by atoms with E-state index in [0.717, 1.165) is 5.69 Å². The highest BCUT2D eigenvalue weighted by Crippen LogP contribution is 2.23. The van der Waals surface area contributed by atoms with Crippen molar-refractivity contribution in [3.8, 4) is 0 Å². The van der Waals surface area contributed by atoms with Crippen LogP contribution in [0.2, 0.25) is 0 Å². The Morgan fingerprint density at radius 1 is 1.53 bits per heavy atom. The van der Waals surface area contributed by atoms with Gasteiger partial charge in [-0.25, -0.2) is 4.98 Å². The van der Waals surface area contributed by atoms with Gasteiger partial charge in [0.05, 0.1) is 18.1 Å². The second-order valence-corrected chi connectivity index (χ2v) is 3.72. The highest BCUT2D eigenvalue weighted by Gasteiger charge is 2.29. The smallest absolute Gasteiger partial charge is 0.228 e. The third kappa shape index (κ3) is 1.88. The van der Waals surface area contributed by atoms with E-state index < -0.39 is 0 Å². The molecule has 4 heteroatoms. The van der Waals surface area contributed by atoms with Crippen LogP contribution in [0.5, 0.6) is 0 Å². The molecule has 1 aliphatic rings. The van der Waals surface area contributed by atoms with Gasteiger partial charge in [0.15, 0.2) is 5.82 Å². The zero-order valence-electron chi connectivity index (χ0n) is 8.68. The van der Waals surface area contributed by atoms with E-state index in [1.54, 1.807) is 17.3 Å². The highest BCUT2D eigenvalue weighted by atomic mass is 16.2. The van der Waals surface area contributed by atoms with Gasteiger partial charge in [-0.2, -0.15) is 0 Å². The van der Waals surface area contributed by atoms with Crippen molar-refractivity contribution in [1.29, 1.82) is 0 Å². The lowest BCUT2D eigenvalue weighted by molar-refractivity contribution is -0.117. The van der Waals surface area contributed by atoms with Crippen LogP contribution in [-0.2, 0) is 4.79 Å². The molecule has 0 spiro atoms. The maximum Gasteiger partial charge on any atom is 0.228 e. The molecule has 1 aromatic heterocycles. The van der Waals surface area contributed by atoms with E-state index >= 15 is 0 Å². The monoisotopic (exact) mass is 203 g/mol. The van der Waals surface area contributed by atoms with Crippen molar-refractivity contribution in [1.82, 2.24) is 9.97 Å². The number of aromatic nitrogens is 2. The average molecular weight is 203 g/mol. The van der Waals surface area contributed by atoms with Gasteiger partial charge >= 0.3 is 0 Å². The van der Waals surface area contributed by atoms with Crippen LogP contribution in [-0.4, -0.2) is 22.4 Å². The fourth-order valence-electron chi connectivity index (χ4n) is 1.64. The summed E-state index contributed by atoms with van der Waals surface area (Å²) in [4.78, 5) is 21.6. The number of anilines is 1. The lowest BCUT2D eigenvalue weighted by Crippen LogP contribution is -2.25. The third-order valence-corrected chi connectivity index (χ3v) is 2.53. The Balaban J connectivity index is 2.21. The summed E-state index contributed by atoms with van der Waals surface area (Å²) in [5.41, 5.74) is 0.852. The Bertz CT molecular complexity index is 385. The fraction of sp³-hybridized carbons (Fsp3) is 0.364. The number of amides is 1. The molecule has 0 N–H and O–H groups in total. The SMILES string of the molecule is C=CC1CC(=O)N(c2cnc(C)cn2)C1. The van der Waals surface area contributed by atoms with Gasteiger partial charge in [0.2, 0.25) is 5.91 Å². The van der Waals surface area contributed by atoms with Gasteiger partial charge in [-0.1, -0.05) is 6.08 Å². The largest absolute Gasteiger partial charge is 0.295 e.